The lowest BCUT2D eigenvalue weighted by molar-refractivity contribution is 0.0582. The van der Waals surface area contributed by atoms with Gasteiger partial charge in [-0.1, -0.05) is 91.0 Å². The second kappa shape index (κ2) is 8.93. The third kappa shape index (κ3) is 4.49. The van der Waals surface area contributed by atoms with Crippen LogP contribution in [0.25, 0.3) is 0 Å². The van der Waals surface area contributed by atoms with Gasteiger partial charge < -0.3 is 10.0 Å². The minimum atomic E-state index is -0.841. The standard InChI is InChI=1S/C25H26N2O2/c28-25(29)27-17-16-26(18-20-10-4-1-5-11-20)19-23(27)24(21-12-6-2-7-13-21)22-14-8-3-9-15-22/h1-15,23-24H,16-19H2,(H,28,29)/t23-/m0/s1. The number of carboxylic acid groups (broad SMARTS) is 1. The van der Waals surface area contributed by atoms with Gasteiger partial charge in [0.05, 0.1) is 6.04 Å². The molecule has 1 heterocycles. The summed E-state index contributed by atoms with van der Waals surface area (Å²) >= 11 is 0. The maximum absolute atomic E-state index is 12.1. The molecule has 1 aliphatic rings. The predicted molar refractivity (Wildman–Crippen MR) is 115 cm³/mol. The zero-order valence-electron chi connectivity index (χ0n) is 16.4. The van der Waals surface area contributed by atoms with E-state index in [1.807, 2.05) is 42.5 Å². The molecule has 4 heteroatoms. The van der Waals surface area contributed by atoms with E-state index in [2.05, 4.69) is 53.4 Å². The molecular weight excluding hydrogens is 360 g/mol. The second-order valence-corrected chi connectivity index (χ2v) is 7.56. The molecule has 0 aliphatic carbocycles. The van der Waals surface area contributed by atoms with E-state index in [1.54, 1.807) is 4.90 Å². The lowest BCUT2D eigenvalue weighted by atomic mass is 9.83. The number of benzene rings is 3. The zero-order chi connectivity index (χ0) is 20.1. The highest BCUT2D eigenvalue weighted by Gasteiger charge is 2.37. The van der Waals surface area contributed by atoms with E-state index in [4.69, 9.17) is 0 Å². The predicted octanol–water partition coefficient (Wildman–Crippen LogP) is 4.68. The van der Waals surface area contributed by atoms with E-state index in [1.165, 1.54) is 5.56 Å². The quantitative estimate of drug-likeness (QED) is 0.692. The Balaban J connectivity index is 1.68. The Hall–Kier alpha value is -3.11. The molecule has 0 spiro atoms. The van der Waals surface area contributed by atoms with Gasteiger partial charge in [-0.3, -0.25) is 4.90 Å². The van der Waals surface area contributed by atoms with E-state index in [9.17, 15) is 9.90 Å². The molecule has 0 bridgehead atoms. The van der Waals surface area contributed by atoms with Crippen molar-refractivity contribution in [3.63, 3.8) is 0 Å². The van der Waals surface area contributed by atoms with Crippen molar-refractivity contribution in [2.75, 3.05) is 19.6 Å². The van der Waals surface area contributed by atoms with Crippen LogP contribution in [0.5, 0.6) is 0 Å². The molecule has 1 saturated heterocycles. The fourth-order valence-corrected chi connectivity index (χ4v) is 4.33. The van der Waals surface area contributed by atoms with Gasteiger partial charge in [0.15, 0.2) is 0 Å². The van der Waals surface area contributed by atoms with Crippen molar-refractivity contribution in [2.45, 2.75) is 18.5 Å². The van der Waals surface area contributed by atoms with Gasteiger partial charge in [-0.2, -0.15) is 0 Å². The third-order valence-corrected chi connectivity index (χ3v) is 5.70. The Labute approximate surface area is 172 Å². The average Bonchev–Trinajstić information content (AvgIpc) is 2.76. The van der Waals surface area contributed by atoms with Gasteiger partial charge in [0.1, 0.15) is 0 Å². The molecule has 3 aromatic rings. The van der Waals surface area contributed by atoms with Gasteiger partial charge in [0.25, 0.3) is 0 Å². The van der Waals surface area contributed by atoms with Crippen LogP contribution in [0.4, 0.5) is 4.79 Å². The van der Waals surface area contributed by atoms with Crippen LogP contribution in [-0.2, 0) is 6.54 Å². The van der Waals surface area contributed by atoms with Crippen LogP contribution in [0.3, 0.4) is 0 Å². The number of carbonyl (C=O) groups is 1. The topological polar surface area (TPSA) is 43.8 Å². The number of piperazine rings is 1. The summed E-state index contributed by atoms with van der Waals surface area (Å²) in [5.41, 5.74) is 3.55. The first-order valence-corrected chi connectivity index (χ1v) is 10.1. The normalized spacial score (nSPS) is 17.4. The van der Waals surface area contributed by atoms with Crippen molar-refractivity contribution in [1.29, 1.82) is 0 Å². The van der Waals surface area contributed by atoms with Crippen LogP contribution in [0, 0.1) is 0 Å². The number of hydrogen-bond donors (Lipinski definition) is 1. The molecule has 4 rings (SSSR count). The fraction of sp³-hybridized carbons (Fsp3) is 0.240. The van der Waals surface area contributed by atoms with Crippen molar-refractivity contribution in [3.8, 4) is 0 Å². The molecule has 0 saturated carbocycles. The van der Waals surface area contributed by atoms with Crippen LogP contribution < -0.4 is 0 Å². The van der Waals surface area contributed by atoms with Gasteiger partial charge in [-0.05, 0) is 16.7 Å². The van der Waals surface area contributed by atoms with E-state index < -0.39 is 6.09 Å². The molecule has 1 fully saturated rings. The van der Waals surface area contributed by atoms with Gasteiger partial charge in [0.2, 0.25) is 0 Å². The summed E-state index contributed by atoms with van der Waals surface area (Å²) < 4.78 is 0. The Morgan fingerprint density at radius 3 is 1.86 bits per heavy atom. The SMILES string of the molecule is O=C(O)N1CCN(Cc2ccccc2)C[C@H]1C(c1ccccc1)c1ccccc1. The summed E-state index contributed by atoms with van der Waals surface area (Å²) in [5.74, 6) is -0.00734. The first kappa shape index (κ1) is 19.2. The summed E-state index contributed by atoms with van der Waals surface area (Å²) in [6.45, 7) is 2.80. The van der Waals surface area contributed by atoms with Crippen molar-refractivity contribution >= 4 is 6.09 Å². The molecule has 1 aliphatic heterocycles. The Morgan fingerprint density at radius 1 is 0.828 bits per heavy atom. The molecule has 29 heavy (non-hydrogen) atoms. The number of hydrogen-bond acceptors (Lipinski definition) is 2. The second-order valence-electron chi connectivity index (χ2n) is 7.56. The number of amides is 1. The lowest BCUT2D eigenvalue weighted by Crippen LogP contribution is -2.56. The summed E-state index contributed by atoms with van der Waals surface area (Å²) in [7, 11) is 0. The van der Waals surface area contributed by atoms with E-state index in [0.29, 0.717) is 13.1 Å². The maximum atomic E-state index is 12.1. The van der Waals surface area contributed by atoms with E-state index >= 15 is 0 Å². The molecule has 1 N–H and O–H groups in total. The van der Waals surface area contributed by atoms with Crippen LogP contribution in [0.1, 0.15) is 22.6 Å². The Morgan fingerprint density at radius 2 is 1.34 bits per heavy atom. The number of rotatable bonds is 5. The van der Waals surface area contributed by atoms with Crippen molar-refractivity contribution in [3.05, 3.63) is 108 Å². The first-order chi connectivity index (χ1) is 14.2. The van der Waals surface area contributed by atoms with Crippen LogP contribution in [-0.4, -0.2) is 46.7 Å². The Kier molecular flexibility index (Phi) is 5.92. The van der Waals surface area contributed by atoms with Gasteiger partial charge in [0, 0.05) is 32.1 Å². The molecule has 0 unspecified atom stereocenters. The molecule has 4 nitrogen and oxygen atoms in total. The van der Waals surface area contributed by atoms with Crippen LogP contribution >= 0.6 is 0 Å². The van der Waals surface area contributed by atoms with E-state index in [0.717, 1.165) is 24.2 Å². The fourth-order valence-electron chi connectivity index (χ4n) is 4.33. The van der Waals surface area contributed by atoms with Crippen molar-refractivity contribution in [2.24, 2.45) is 0 Å². The molecular formula is C25H26N2O2. The molecule has 1 atom stereocenters. The largest absolute Gasteiger partial charge is 0.465 e. The van der Waals surface area contributed by atoms with Crippen molar-refractivity contribution < 1.29 is 9.90 Å². The summed E-state index contributed by atoms with van der Waals surface area (Å²) in [6.07, 6.45) is -0.841. The minimum Gasteiger partial charge on any atom is -0.465 e. The molecule has 1 amide bonds. The zero-order valence-corrected chi connectivity index (χ0v) is 16.4. The van der Waals surface area contributed by atoms with E-state index in [-0.39, 0.29) is 12.0 Å². The van der Waals surface area contributed by atoms with Gasteiger partial charge in [-0.25, -0.2) is 4.79 Å². The van der Waals surface area contributed by atoms with Gasteiger partial charge in [-0.15, -0.1) is 0 Å². The molecule has 148 valence electrons. The monoisotopic (exact) mass is 386 g/mol. The average molecular weight is 386 g/mol. The third-order valence-electron chi connectivity index (χ3n) is 5.70. The minimum absolute atomic E-state index is 0.00734. The molecule has 0 aromatic heterocycles. The van der Waals surface area contributed by atoms with Crippen molar-refractivity contribution in [1.82, 2.24) is 9.80 Å². The summed E-state index contributed by atoms with van der Waals surface area (Å²) in [4.78, 5) is 16.1. The molecule has 0 radical (unpaired) electrons. The highest BCUT2D eigenvalue weighted by Crippen LogP contribution is 2.33. The Bertz CT molecular complexity index is 876. The highest BCUT2D eigenvalue weighted by molar-refractivity contribution is 5.66. The molecule has 3 aromatic carbocycles. The highest BCUT2D eigenvalue weighted by atomic mass is 16.4. The summed E-state index contributed by atoms with van der Waals surface area (Å²) in [5, 5.41) is 9.93. The lowest BCUT2D eigenvalue weighted by Gasteiger charge is -2.44. The summed E-state index contributed by atoms with van der Waals surface area (Å²) in [6, 6.07) is 30.8. The first-order valence-electron chi connectivity index (χ1n) is 10.1. The number of nitrogens with zero attached hydrogens (tertiary/aromatic N) is 2. The van der Waals surface area contributed by atoms with Crippen LogP contribution in [0.15, 0.2) is 91.0 Å². The van der Waals surface area contributed by atoms with Gasteiger partial charge >= 0.3 is 6.09 Å². The van der Waals surface area contributed by atoms with Crippen LogP contribution in [0.2, 0.25) is 0 Å². The maximum Gasteiger partial charge on any atom is 0.407 e. The smallest absolute Gasteiger partial charge is 0.407 e.